The number of hydrogen-bond donors (Lipinski definition) is 2. The summed E-state index contributed by atoms with van der Waals surface area (Å²) in [5.74, 6) is 0.514. The second-order valence-corrected chi connectivity index (χ2v) is 3.77. The van der Waals surface area contributed by atoms with Crippen molar-refractivity contribution < 1.29 is 9.53 Å². The average molecular weight is 202 g/mol. The Balaban J connectivity index is 3.45. The molecule has 0 aliphatic carbocycles. The molecule has 0 aliphatic rings. The quantitative estimate of drug-likeness (QED) is 0.587. The Bertz CT molecular complexity index is 160. The molecule has 4 nitrogen and oxygen atoms in total. The summed E-state index contributed by atoms with van der Waals surface area (Å²) in [5, 5.41) is 5.91. The van der Waals surface area contributed by atoms with Gasteiger partial charge >= 0.3 is 0 Å². The van der Waals surface area contributed by atoms with Gasteiger partial charge in [0, 0.05) is 19.7 Å². The van der Waals surface area contributed by atoms with Crippen LogP contribution in [0.3, 0.4) is 0 Å². The lowest BCUT2D eigenvalue weighted by molar-refractivity contribution is -0.121. The molecule has 1 unspecified atom stereocenters. The van der Waals surface area contributed by atoms with Crippen molar-refractivity contribution in [2.24, 2.45) is 5.92 Å². The molecular formula is C10H22N2O2. The fraction of sp³-hybridized carbons (Fsp3) is 0.900. The van der Waals surface area contributed by atoms with Crippen LogP contribution >= 0.6 is 0 Å². The Kier molecular flexibility index (Phi) is 7.42. The third-order valence-electron chi connectivity index (χ3n) is 2.16. The van der Waals surface area contributed by atoms with Gasteiger partial charge in [-0.25, -0.2) is 0 Å². The van der Waals surface area contributed by atoms with Crippen LogP contribution in [0.25, 0.3) is 0 Å². The third kappa shape index (κ3) is 6.86. The van der Waals surface area contributed by atoms with Gasteiger partial charge in [0.25, 0.3) is 0 Å². The van der Waals surface area contributed by atoms with Gasteiger partial charge in [-0.3, -0.25) is 4.79 Å². The van der Waals surface area contributed by atoms with E-state index in [0.717, 1.165) is 0 Å². The van der Waals surface area contributed by atoms with Crippen LogP contribution in [0.5, 0.6) is 0 Å². The standard InChI is InChI=1S/C10H22N2O2/c1-8(2)9(3)12-10(13)7-11-5-6-14-4/h8-9,11H,5-7H2,1-4H3,(H,12,13). The first kappa shape index (κ1) is 13.4. The van der Waals surface area contributed by atoms with Crippen LogP contribution in [0, 0.1) is 5.92 Å². The monoisotopic (exact) mass is 202 g/mol. The van der Waals surface area contributed by atoms with Gasteiger partial charge in [0.15, 0.2) is 0 Å². The Morgan fingerprint density at radius 3 is 2.50 bits per heavy atom. The zero-order chi connectivity index (χ0) is 11.0. The molecule has 0 aliphatic heterocycles. The van der Waals surface area contributed by atoms with Crippen molar-refractivity contribution in [1.82, 2.24) is 10.6 Å². The van der Waals surface area contributed by atoms with E-state index < -0.39 is 0 Å². The van der Waals surface area contributed by atoms with E-state index in [0.29, 0.717) is 25.6 Å². The minimum atomic E-state index is 0.0438. The molecule has 0 heterocycles. The topological polar surface area (TPSA) is 50.4 Å². The highest BCUT2D eigenvalue weighted by Gasteiger charge is 2.09. The Morgan fingerprint density at radius 1 is 1.36 bits per heavy atom. The van der Waals surface area contributed by atoms with E-state index in [4.69, 9.17) is 4.74 Å². The smallest absolute Gasteiger partial charge is 0.234 e. The van der Waals surface area contributed by atoms with E-state index in [-0.39, 0.29) is 11.9 Å². The molecule has 0 radical (unpaired) electrons. The van der Waals surface area contributed by atoms with E-state index >= 15 is 0 Å². The zero-order valence-corrected chi connectivity index (χ0v) is 9.59. The molecular weight excluding hydrogens is 180 g/mol. The number of ether oxygens (including phenoxy) is 1. The number of rotatable bonds is 7. The fourth-order valence-electron chi connectivity index (χ4n) is 0.848. The van der Waals surface area contributed by atoms with Gasteiger partial charge in [0.2, 0.25) is 5.91 Å². The molecule has 0 spiro atoms. The van der Waals surface area contributed by atoms with E-state index in [9.17, 15) is 4.79 Å². The summed E-state index contributed by atoms with van der Waals surface area (Å²) in [6, 6.07) is 0.228. The van der Waals surface area contributed by atoms with Crippen molar-refractivity contribution >= 4 is 5.91 Å². The van der Waals surface area contributed by atoms with Gasteiger partial charge in [-0.2, -0.15) is 0 Å². The molecule has 2 N–H and O–H groups in total. The molecule has 4 heteroatoms. The van der Waals surface area contributed by atoms with Gasteiger partial charge in [-0.1, -0.05) is 13.8 Å². The van der Waals surface area contributed by atoms with Crippen molar-refractivity contribution in [1.29, 1.82) is 0 Å². The normalized spacial score (nSPS) is 12.9. The maximum atomic E-state index is 11.3. The minimum absolute atomic E-state index is 0.0438. The number of amides is 1. The highest BCUT2D eigenvalue weighted by Crippen LogP contribution is 1.98. The van der Waals surface area contributed by atoms with E-state index in [1.807, 2.05) is 6.92 Å². The summed E-state index contributed by atoms with van der Waals surface area (Å²) in [6.45, 7) is 7.89. The van der Waals surface area contributed by atoms with Crippen LogP contribution in [-0.4, -0.2) is 38.8 Å². The molecule has 84 valence electrons. The predicted molar refractivity (Wildman–Crippen MR) is 57.2 cm³/mol. The van der Waals surface area contributed by atoms with Crippen molar-refractivity contribution in [2.75, 3.05) is 26.8 Å². The summed E-state index contributed by atoms with van der Waals surface area (Å²) in [6.07, 6.45) is 0. The lowest BCUT2D eigenvalue weighted by Crippen LogP contribution is -2.41. The van der Waals surface area contributed by atoms with Gasteiger partial charge < -0.3 is 15.4 Å². The molecule has 0 rings (SSSR count). The Labute approximate surface area is 86.4 Å². The van der Waals surface area contributed by atoms with Crippen LogP contribution in [0.2, 0.25) is 0 Å². The van der Waals surface area contributed by atoms with Crippen LogP contribution in [-0.2, 0) is 9.53 Å². The van der Waals surface area contributed by atoms with E-state index in [1.54, 1.807) is 7.11 Å². The predicted octanol–water partition coefficient (Wildman–Crippen LogP) is 0.383. The highest BCUT2D eigenvalue weighted by molar-refractivity contribution is 5.78. The lowest BCUT2D eigenvalue weighted by Gasteiger charge is -2.17. The first-order chi connectivity index (χ1) is 6.57. The number of carbonyl (C=O) groups excluding carboxylic acids is 1. The highest BCUT2D eigenvalue weighted by atomic mass is 16.5. The zero-order valence-electron chi connectivity index (χ0n) is 9.59. The van der Waals surface area contributed by atoms with Crippen molar-refractivity contribution in [3.63, 3.8) is 0 Å². The molecule has 0 aromatic rings. The van der Waals surface area contributed by atoms with Crippen LogP contribution in [0.4, 0.5) is 0 Å². The molecule has 0 aromatic carbocycles. The average Bonchev–Trinajstić information content (AvgIpc) is 2.12. The van der Waals surface area contributed by atoms with E-state index in [1.165, 1.54) is 0 Å². The Morgan fingerprint density at radius 2 is 2.00 bits per heavy atom. The van der Waals surface area contributed by atoms with Crippen molar-refractivity contribution in [3.8, 4) is 0 Å². The number of carbonyl (C=O) groups is 1. The first-order valence-corrected chi connectivity index (χ1v) is 5.07. The Hall–Kier alpha value is -0.610. The molecule has 0 saturated heterocycles. The van der Waals surface area contributed by atoms with Crippen LogP contribution in [0.1, 0.15) is 20.8 Å². The summed E-state index contributed by atoms with van der Waals surface area (Å²) in [5.41, 5.74) is 0. The van der Waals surface area contributed by atoms with E-state index in [2.05, 4.69) is 24.5 Å². The number of nitrogens with one attached hydrogen (secondary N) is 2. The van der Waals surface area contributed by atoms with Crippen molar-refractivity contribution in [3.05, 3.63) is 0 Å². The maximum Gasteiger partial charge on any atom is 0.234 e. The second-order valence-electron chi connectivity index (χ2n) is 3.77. The summed E-state index contributed by atoms with van der Waals surface area (Å²) in [4.78, 5) is 11.3. The molecule has 1 atom stereocenters. The molecule has 0 fully saturated rings. The SMILES string of the molecule is COCCNCC(=O)NC(C)C(C)C. The van der Waals surface area contributed by atoms with Crippen LogP contribution < -0.4 is 10.6 Å². The number of hydrogen-bond acceptors (Lipinski definition) is 3. The van der Waals surface area contributed by atoms with Gasteiger partial charge in [0.05, 0.1) is 13.2 Å². The summed E-state index contributed by atoms with van der Waals surface area (Å²) in [7, 11) is 1.64. The molecule has 0 bridgehead atoms. The molecule has 0 aromatic heterocycles. The van der Waals surface area contributed by atoms with Gasteiger partial charge in [-0.05, 0) is 12.8 Å². The third-order valence-corrected chi connectivity index (χ3v) is 2.16. The first-order valence-electron chi connectivity index (χ1n) is 5.07. The molecule has 1 amide bonds. The summed E-state index contributed by atoms with van der Waals surface area (Å²) < 4.78 is 4.85. The number of methoxy groups -OCH3 is 1. The fourth-order valence-corrected chi connectivity index (χ4v) is 0.848. The van der Waals surface area contributed by atoms with Gasteiger partial charge in [0.1, 0.15) is 0 Å². The maximum absolute atomic E-state index is 11.3. The minimum Gasteiger partial charge on any atom is -0.383 e. The van der Waals surface area contributed by atoms with Crippen LogP contribution in [0.15, 0.2) is 0 Å². The molecule has 14 heavy (non-hydrogen) atoms. The summed E-state index contributed by atoms with van der Waals surface area (Å²) >= 11 is 0. The molecule has 0 saturated carbocycles. The lowest BCUT2D eigenvalue weighted by atomic mass is 10.1. The largest absolute Gasteiger partial charge is 0.383 e. The van der Waals surface area contributed by atoms with Gasteiger partial charge in [-0.15, -0.1) is 0 Å². The van der Waals surface area contributed by atoms with Crippen molar-refractivity contribution in [2.45, 2.75) is 26.8 Å². The second kappa shape index (κ2) is 7.76.